The predicted octanol–water partition coefficient (Wildman–Crippen LogP) is 6.85. The number of ether oxygens (including phenoxy) is 1. The van der Waals surface area contributed by atoms with Crippen LogP contribution in [0.15, 0.2) is 66.2 Å². The molecule has 0 spiro atoms. The fraction of sp³-hybridized carbons (Fsp3) is 0.167. The van der Waals surface area contributed by atoms with Crippen molar-refractivity contribution in [3.63, 3.8) is 0 Å². The summed E-state index contributed by atoms with van der Waals surface area (Å²) in [5.41, 5.74) is 8.26. The number of halogens is 5. The third-order valence-electron chi connectivity index (χ3n) is 5.07. The highest BCUT2D eigenvalue weighted by Crippen LogP contribution is 2.40. The monoisotopic (exact) mass is 446 g/mol. The number of hydrogen-bond acceptors (Lipinski definition) is 3. The summed E-state index contributed by atoms with van der Waals surface area (Å²) in [6.07, 6.45) is -2.89. The highest BCUT2D eigenvalue weighted by molar-refractivity contribution is 5.79. The van der Waals surface area contributed by atoms with Crippen LogP contribution < -0.4 is 15.8 Å². The molecule has 1 fully saturated rings. The van der Waals surface area contributed by atoms with Crippen molar-refractivity contribution in [2.75, 3.05) is 5.32 Å². The average Bonchev–Trinajstić information content (AvgIpc) is 3.58. The quantitative estimate of drug-likeness (QED) is 0.407. The standard InChI is InChI=1S/C24H19F5N2O/c25-16-8-7-15(20(26)11-16)13-31-21-10-9-17(12-18(21)23(30)14-5-6-14)32-22-4-2-1-3-19(22)24(27,28)29/h1-4,7-12,31H,5-6,13,30H2. The molecule has 8 heteroatoms. The third-order valence-corrected chi connectivity index (χ3v) is 5.07. The van der Waals surface area contributed by atoms with Gasteiger partial charge in [-0.3, -0.25) is 0 Å². The zero-order chi connectivity index (χ0) is 22.9. The Labute approximate surface area is 181 Å². The molecular weight excluding hydrogens is 427 g/mol. The van der Waals surface area contributed by atoms with Gasteiger partial charge in [0.1, 0.15) is 23.1 Å². The summed E-state index contributed by atoms with van der Waals surface area (Å²) in [5.74, 6) is -1.50. The molecule has 1 aliphatic carbocycles. The molecule has 32 heavy (non-hydrogen) atoms. The van der Waals surface area contributed by atoms with Crippen LogP contribution in [-0.4, -0.2) is 0 Å². The Balaban J connectivity index is 1.63. The van der Waals surface area contributed by atoms with Crippen LogP contribution in [0.2, 0.25) is 0 Å². The van der Waals surface area contributed by atoms with Gasteiger partial charge in [-0.05, 0) is 54.8 Å². The van der Waals surface area contributed by atoms with Gasteiger partial charge in [-0.2, -0.15) is 13.2 Å². The van der Waals surface area contributed by atoms with Gasteiger partial charge in [0.05, 0.1) is 5.56 Å². The Hall–Kier alpha value is -3.55. The topological polar surface area (TPSA) is 47.3 Å². The zero-order valence-corrected chi connectivity index (χ0v) is 16.8. The lowest BCUT2D eigenvalue weighted by molar-refractivity contribution is -0.138. The smallest absolute Gasteiger partial charge is 0.419 e. The minimum absolute atomic E-state index is 0.0683. The number of allylic oxidation sites excluding steroid dienone is 1. The van der Waals surface area contributed by atoms with E-state index in [-0.39, 0.29) is 23.6 Å². The minimum Gasteiger partial charge on any atom is -0.457 e. The molecule has 0 unspecified atom stereocenters. The molecule has 3 nitrogen and oxygen atoms in total. The van der Waals surface area contributed by atoms with Crippen LogP contribution in [0.1, 0.15) is 29.5 Å². The van der Waals surface area contributed by atoms with E-state index in [2.05, 4.69) is 5.32 Å². The summed E-state index contributed by atoms with van der Waals surface area (Å²) < 4.78 is 72.5. The molecule has 0 aliphatic heterocycles. The van der Waals surface area contributed by atoms with E-state index in [1.807, 2.05) is 0 Å². The molecule has 0 bridgehead atoms. The van der Waals surface area contributed by atoms with Gasteiger partial charge < -0.3 is 15.8 Å². The van der Waals surface area contributed by atoms with Crippen LogP contribution >= 0.6 is 0 Å². The van der Waals surface area contributed by atoms with E-state index < -0.39 is 23.4 Å². The molecule has 0 heterocycles. The SMILES string of the molecule is NC(=C1CC1)c1cc(Oc2ccccc2C(F)(F)F)ccc1NCc1ccc(F)cc1F. The largest absolute Gasteiger partial charge is 0.457 e. The third kappa shape index (κ3) is 4.85. The second-order valence-electron chi connectivity index (χ2n) is 7.41. The van der Waals surface area contributed by atoms with Gasteiger partial charge in [0, 0.05) is 35.1 Å². The first kappa shape index (κ1) is 21.7. The fourth-order valence-electron chi connectivity index (χ4n) is 3.26. The van der Waals surface area contributed by atoms with Gasteiger partial charge in [-0.25, -0.2) is 8.78 Å². The summed E-state index contributed by atoms with van der Waals surface area (Å²) in [6.45, 7) is 0.0683. The van der Waals surface area contributed by atoms with Crippen molar-refractivity contribution in [1.82, 2.24) is 0 Å². The second-order valence-corrected chi connectivity index (χ2v) is 7.41. The summed E-state index contributed by atoms with van der Waals surface area (Å²) in [5, 5.41) is 3.07. The Bertz CT molecular complexity index is 1180. The van der Waals surface area contributed by atoms with Crippen molar-refractivity contribution in [2.24, 2.45) is 5.73 Å². The van der Waals surface area contributed by atoms with Gasteiger partial charge in [0.15, 0.2) is 0 Å². The predicted molar refractivity (Wildman–Crippen MR) is 112 cm³/mol. The molecule has 0 atom stereocenters. The van der Waals surface area contributed by atoms with Crippen molar-refractivity contribution < 1.29 is 26.7 Å². The maximum absolute atomic E-state index is 14.0. The molecule has 3 N–H and O–H groups in total. The van der Waals surface area contributed by atoms with Gasteiger partial charge in [0.2, 0.25) is 0 Å². The molecule has 4 rings (SSSR count). The second kappa shape index (κ2) is 8.53. The van der Waals surface area contributed by atoms with E-state index in [0.29, 0.717) is 16.9 Å². The van der Waals surface area contributed by atoms with E-state index in [1.54, 1.807) is 12.1 Å². The van der Waals surface area contributed by atoms with Gasteiger partial charge in [-0.15, -0.1) is 0 Å². The number of benzene rings is 3. The molecule has 0 aromatic heterocycles. The first-order valence-electron chi connectivity index (χ1n) is 9.86. The van der Waals surface area contributed by atoms with Crippen molar-refractivity contribution in [2.45, 2.75) is 25.6 Å². The Morgan fingerprint density at radius 3 is 2.41 bits per heavy atom. The first-order chi connectivity index (χ1) is 15.2. The van der Waals surface area contributed by atoms with Crippen LogP contribution in [0.5, 0.6) is 11.5 Å². The fourth-order valence-corrected chi connectivity index (χ4v) is 3.26. The van der Waals surface area contributed by atoms with Crippen LogP contribution in [0.25, 0.3) is 5.70 Å². The van der Waals surface area contributed by atoms with Gasteiger partial charge >= 0.3 is 6.18 Å². The minimum atomic E-state index is -4.56. The molecule has 0 saturated heterocycles. The lowest BCUT2D eigenvalue weighted by Crippen LogP contribution is -2.08. The molecule has 3 aromatic carbocycles. The van der Waals surface area contributed by atoms with E-state index in [0.717, 1.165) is 36.6 Å². The summed E-state index contributed by atoms with van der Waals surface area (Å²) in [4.78, 5) is 0. The zero-order valence-electron chi connectivity index (χ0n) is 16.8. The number of nitrogens with two attached hydrogens (primary N) is 1. The number of anilines is 1. The molecule has 0 radical (unpaired) electrons. The lowest BCUT2D eigenvalue weighted by Gasteiger charge is -2.17. The number of nitrogens with one attached hydrogen (secondary N) is 1. The molecule has 1 saturated carbocycles. The number of hydrogen-bond donors (Lipinski definition) is 2. The Morgan fingerprint density at radius 1 is 0.969 bits per heavy atom. The van der Waals surface area contributed by atoms with E-state index in [4.69, 9.17) is 10.5 Å². The summed E-state index contributed by atoms with van der Waals surface area (Å²) in [7, 11) is 0. The lowest BCUT2D eigenvalue weighted by atomic mass is 10.1. The molecule has 1 aliphatic rings. The summed E-state index contributed by atoms with van der Waals surface area (Å²) >= 11 is 0. The Morgan fingerprint density at radius 2 is 1.72 bits per heavy atom. The van der Waals surface area contributed by atoms with Gasteiger partial charge in [-0.1, -0.05) is 18.2 Å². The van der Waals surface area contributed by atoms with Crippen LogP contribution in [-0.2, 0) is 12.7 Å². The van der Waals surface area contributed by atoms with E-state index in [9.17, 15) is 22.0 Å². The first-order valence-corrected chi connectivity index (χ1v) is 9.86. The van der Waals surface area contributed by atoms with Crippen LogP contribution in [0, 0.1) is 11.6 Å². The van der Waals surface area contributed by atoms with E-state index >= 15 is 0 Å². The maximum Gasteiger partial charge on any atom is 0.419 e. The molecule has 0 amide bonds. The molecule has 3 aromatic rings. The summed E-state index contributed by atoms with van der Waals surface area (Å²) in [6, 6.07) is 12.9. The highest BCUT2D eigenvalue weighted by Gasteiger charge is 2.34. The maximum atomic E-state index is 14.0. The molecule has 166 valence electrons. The average molecular weight is 446 g/mol. The van der Waals surface area contributed by atoms with Crippen molar-refractivity contribution >= 4 is 11.4 Å². The van der Waals surface area contributed by atoms with Crippen LogP contribution in [0.4, 0.5) is 27.6 Å². The van der Waals surface area contributed by atoms with Crippen molar-refractivity contribution in [3.05, 3.63) is 94.6 Å². The number of para-hydroxylation sites is 1. The number of alkyl halides is 3. The van der Waals surface area contributed by atoms with E-state index in [1.165, 1.54) is 30.3 Å². The van der Waals surface area contributed by atoms with Crippen molar-refractivity contribution in [3.8, 4) is 11.5 Å². The Kier molecular flexibility index (Phi) is 5.78. The molecular formula is C24H19F5N2O. The van der Waals surface area contributed by atoms with Gasteiger partial charge in [0.25, 0.3) is 0 Å². The highest BCUT2D eigenvalue weighted by atomic mass is 19.4. The normalized spacial score (nSPS) is 13.1. The van der Waals surface area contributed by atoms with Crippen molar-refractivity contribution in [1.29, 1.82) is 0 Å². The van der Waals surface area contributed by atoms with Crippen LogP contribution in [0.3, 0.4) is 0 Å². The number of rotatable bonds is 6.